The van der Waals surface area contributed by atoms with Gasteiger partial charge in [0.15, 0.2) is 11.5 Å². The van der Waals surface area contributed by atoms with Crippen LogP contribution in [0.5, 0.6) is 11.5 Å². The molecule has 0 N–H and O–H groups in total. The van der Waals surface area contributed by atoms with Crippen LogP contribution >= 0.6 is 0 Å². The molecule has 1 amide bonds. The molecule has 0 spiro atoms. The van der Waals surface area contributed by atoms with E-state index in [2.05, 4.69) is 11.8 Å². The number of piperidine rings is 1. The van der Waals surface area contributed by atoms with E-state index in [9.17, 15) is 13.2 Å². The van der Waals surface area contributed by atoms with Gasteiger partial charge in [0.2, 0.25) is 15.9 Å². The Kier molecular flexibility index (Phi) is 7.74. The number of methoxy groups -OCH3 is 2. The average Bonchev–Trinajstić information content (AvgIpc) is 3.27. The van der Waals surface area contributed by atoms with Crippen molar-refractivity contribution in [3.63, 3.8) is 0 Å². The molecule has 190 valence electrons. The Morgan fingerprint density at radius 2 is 1.74 bits per heavy atom. The van der Waals surface area contributed by atoms with Crippen molar-refractivity contribution in [2.24, 2.45) is 5.92 Å². The van der Waals surface area contributed by atoms with Gasteiger partial charge in [-0.25, -0.2) is 8.42 Å². The summed E-state index contributed by atoms with van der Waals surface area (Å²) in [5, 5.41) is 0. The standard InChI is InChI=1S/C25H39N3O5S/c1-5-27-14-12-19(13-15-27)26(2)25(29)22-16-18-8-6-7-9-21(18)28(22)34(30,31)20-10-11-23(32-3)24(17-20)33-4/h10-11,17-19,21-22H,5-9,12-16H2,1-4H3/t18-,21+,22-/m0/s1. The number of carbonyl (C=O) groups is 1. The molecule has 4 rings (SSSR count). The summed E-state index contributed by atoms with van der Waals surface area (Å²) in [6.07, 6.45) is 6.33. The Morgan fingerprint density at radius 3 is 2.38 bits per heavy atom. The molecule has 1 aromatic rings. The summed E-state index contributed by atoms with van der Waals surface area (Å²) in [7, 11) is 0.978. The van der Waals surface area contributed by atoms with Crippen LogP contribution in [0.1, 0.15) is 51.9 Å². The van der Waals surface area contributed by atoms with E-state index in [1.165, 1.54) is 20.3 Å². The molecule has 0 aromatic heterocycles. The maximum atomic E-state index is 14.0. The summed E-state index contributed by atoms with van der Waals surface area (Å²) < 4.78 is 40.2. The Balaban J connectivity index is 1.63. The number of carbonyl (C=O) groups excluding carboxylic acids is 1. The van der Waals surface area contributed by atoms with Gasteiger partial charge >= 0.3 is 0 Å². The quantitative estimate of drug-likeness (QED) is 0.581. The predicted octanol–water partition coefficient (Wildman–Crippen LogP) is 2.97. The molecule has 3 aliphatic rings. The SMILES string of the molecule is CCN1CCC(N(C)C(=O)[C@@H]2C[C@@H]3CCCC[C@H]3N2S(=O)(=O)c2ccc(OC)c(OC)c2)CC1. The van der Waals surface area contributed by atoms with Crippen molar-refractivity contribution in [3.8, 4) is 11.5 Å². The van der Waals surface area contributed by atoms with Crippen LogP contribution in [-0.2, 0) is 14.8 Å². The number of likely N-dealkylation sites (tertiary alicyclic amines) is 1. The number of nitrogens with zero attached hydrogens (tertiary/aromatic N) is 3. The highest BCUT2D eigenvalue weighted by Gasteiger charge is 2.52. The van der Waals surface area contributed by atoms with Crippen molar-refractivity contribution in [3.05, 3.63) is 18.2 Å². The molecule has 34 heavy (non-hydrogen) atoms. The second kappa shape index (κ2) is 10.4. The van der Waals surface area contributed by atoms with Gasteiger partial charge in [0.25, 0.3) is 0 Å². The third kappa shape index (κ3) is 4.66. The molecule has 3 fully saturated rings. The van der Waals surface area contributed by atoms with Crippen molar-refractivity contribution in [1.82, 2.24) is 14.1 Å². The minimum atomic E-state index is -3.90. The van der Waals surface area contributed by atoms with Gasteiger partial charge in [-0.15, -0.1) is 0 Å². The maximum Gasteiger partial charge on any atom is 0.244 e. The van der Waals surface area contributed by atoms with Crippen LogP contribution in [0, 0.1) is 5.92 Å². The lowest BCUT2D eigenvalue weighted by Crippen LogP contribution is -2.53. The molecular weight excluding hydrogens is 454 g/mol. The molecule has 0 unspecified atom stereocenters. The number of sulfonamides is 1. The lowest BCUT2D eigenvalue weighted by atomic mass is 9.85. The largest absolute Gasteiger partial charge is 0.493 e. The number of hydrogen-bond acceptors (Lipinski definition) is 6. The topological polar surface area (TPSA) is 79.4 Å². The molecule has 9 heteroatoms. The Labute approximate surface area is 204 Å². The van der Waals surface area contributed by atoms with Crippen molar-refractivity contribution in [1.29, 1.82) is 0 Å². The lowest BCUT2D eigenvalue weighted by Gasteiger charge is -2.39. The molecule has 3 atom stereocenters. The molecule has 2 aliphatic heterocycles. The van der Waals surface area contributed by atoms with Gasteiger partial charge in [-0.3, -0.25) is 4.79 Å². The fourth-order valence-corrected chi connectivity index (χ4v) is 8.00. The third-order valence-corrected chi connectivity index (χ3v) is 10.1. The summed E-state index contributed by atoms with van der Waals surface area (Å²) >= 11 is 0. The van der Waals surface area contributed by atoms with E-state index < -0.39 is 16.1 Å². The fraction of sp³-hybridized carbons (Fsp3) is 0.720. The molecule has 0 radical (unpaired) electrons. The number of hydrogen-bond donors (Lipinski definition) is 0. The van der Waals surface area contributed by atoms with Crippen LogP contribution < -0.4 is 9.47 Å². The van der Waals surface area contributed by atoms with Gasteiger partial charge in [-0.1, -0.05) is 19.8 Å². The number of rotatable bonds is 7. The van der Waals surface area contributed by atoms with Gasteiger partial charge in [-0.05, 0) is 56.7 Å². The molecule has 1 aromatic carbocycles. The number of fused-ring (bicyclic) bond motifs is 1. The zero-order valence-electron chi connectivity index (χ0n) is 20.9. The predicted molar refractivity (Wildman–Crippen MR) is 131 cm³/mol. The Morgan fingerprint density at radius 1 is 1.06 bits per heavy atom. The molecule has 1 saturated carbocycles. The first kappa shape index (κ1) is 25.3. The monoisotopic (exact) mass is 493 g/mol. The summed E-state index contributed by atoms with van der Waals surface area (Å²) in [6.45, 7) is 5.13. The molecular formula is C25H39N3O5S. The van der Waals surface area contributed by atoms with E-state index in [0.29, 0.717) is 17.9 Å². The minimum Gasteiger partial charge on any atom is -0.493 e. The molecule has 2 heterocycles. The highest BCUT2D eigenvalue weighted by molar-refractivity contribution is 7.89. The van der Waals surface area contributed by atoms with Crippen LogP contribution in [0.2, 0.25) is 0 Å². The summed E-state index contributed by atoms with van der Waals surface area (Å²) in [6, 6.07) is 4.05. The van der Waals surface area contributed by atoms with E-state index in [-0.39, 0.29) is 28.8 Å². The van der Waals surface area contributed by atoms with Crippen LogP contribution in [0.4, 0.5) is 0 Å². The van der Waals surface area contributed by atoms with E-state index in [1.54, 1.807) is 16.4 Å². The smallest absolute Gasteiger partial charge is 0.244 e. The van der Waals surface area contributed by atoms with Crippen LogP contribution in [0.25, 0.3) is 0 Å². The van der Waals surface area contributed by atoms with Gasteiger partial charge < -0.3 is 19.3 Å². The lowest BCUT2D eigenvalue weighted by molar-refractivity contribution is -0.136. The number of amides is 1. The average molecular weight is 494 g/mol. The van der Waals surface area contributed by atoms with Crippen LogP contribution in [-0.4, -0.2) is 87.5 Å². The number of likely N-dealkylation sites (N-methyl/N-ethyl adjacent to an activating group) is 1. The van der Waals surface area contributed by atoms with Crippen molar-refractivity contribution < 1.29 is 22.7 Å². The van der Waals surface area contributed by atoms with Gasteiger partial charge in [0, 0.05) is 38.3 Å². The fourth-order valence-electron chi connectivity index (χ4n) is 6.11. The first-order chi connectivity index (χ1) is 16.3. The first-order valence-electron chi connectivity index (χ1n) is 12.6. The van der Waals surface area contributed by atoms with Gasteiger partial charge in [0.1, 0.15) is 6.04 Å². The van der Waals surface area contributed by atoms with E-state index in [1.807, 2.05) is 11.9 Å². The molecule has 8 nitrogen and oxygen atoms in total. The van der Waals surface area contributed by atoms with Crippen molar-refractivity contribution in [2.45, 2.75) is 74.9 Å². The molecule has 1 aliphatic carbocycles. The second-order valence-corrected chi connectivity index (χ2v) is 11.7. The highest BCUT2D eigenvalue weighted by atomic mass is 32.2. The van der Waals surface area contributed by atoms with Gasteiger partial charge in [0.05, 0.1) is 19.1 Å². The van der Waals surface area contributed by atoms with Crippen LogP contribution in [0.3, 0.4) is 0 Å². The third-order valence-electron chi connectivity index (χ3n) is 8.14. The zero-order valence-corrected chi connectivity index (χ0v) is 21.7. The van der Waals surface area contributed by atoms with E-state index in [4.69, 9.17) is 9.47 Å². The summed E-state index contributed by atoms with van der Waals surface area (Å²) in [5.41, 5.74) is 0. The minimum absolute atomic E-state index is 0.0617. The van der Waals surface area contributed by atoms with E-state index in [0.717, 1.165) is 58.2 Å². The number of ether oxygens (including phenoxy) is 2. The zero-order chi connectivity index (χ0) is 24.5. The van der Waals surface area contributed by atoms with Crippen LogP contribution in [0.15, 0.2) is 23.1 Å². The van der Waals surface area contributed by atoms with Crippen molar-refractivity contribution in [2.75, 3.05) is 40.9 Å². The normalized spacial score (nSPS) is 26.8. The van der Waals surface area contributed by atoms with Gasteiger partial charge in [-0.2, -0.15) is 4.31 Å². The Bertz CT molecular complexity index is 977. The van der Waals surface area contributed by atoms with E-state index >= 15 is 0 Å². The highest BCUT2D eigenvalue weighted by Crippen LogP contribution is 2.44. The molecule has 0 bridgehead atoms. The first-order valence-corrected chi connectivity index (χ1v) is 14.0. The maximum absolute atomic E-state index is 14.0. The molecule has 2 saturated heterocycles. The summed E-state index contributed by atoms with van der Waals surface area (Å²) in [4.78, 5) is 18.2. The summed E-state index contributed by atoms with van der Waals surface area (Å²) in [5.74, 6) is 1.01. The number of benzene rings is 1. The Hall–Kier alpha value is -1.84. The van der Waals surface area contributed by atoms with Crippen molar-refractivity contribution >= 4 is 15.9 Å². The second-order valence-electron chi connectivity index (χ2n) is 9.83.